The van der Waals surface area contributed by atoms with Crippen LogP contribution in [0.2, 0.25) is 0 Å². The van der Waals surface area contributed by atoms with Gasteiger partial charge in [-0.15, -0.1) is 0 Å². The highest BCUT2D eigenvalue weighted by atomic mass is 19.4. The van der Waals surface area contributed by atoms with Crippen molar-refractivity contribution in [1.82, 2.24) is 4.98 Å². The molecule has 1 heterocycles. The van der Waals surface area contributed by atoms with Gasteiger partial charge in [-0.1, -0.05) is 5.46 Å². The SMILES string of the molecule is F[B-](F)(F)c1cncc(OC2CCC2)c1. The van der Waals surface area contributed by atoms with Crippen molar-refractivity contribution in [3.8, 4) is 5.75 Å². The van der Waals surface area contributed by atoms with Gasteiger partial charge in [-0.3, -0.25) is 4.98 Å². The molecule has 6 heteroatoms. The van der Waals surface area contributed by atoms with Gasteiger partial charge in [-0.05, 0) is 25.3 Å². The first-order valence-corrected chi connectivity index (χ1v) is 4.87. The highest BCUT2D eigenvalue weighted by Gasteiger charge is 2.27. The third-order valence-corrected chi connectivity index (χ3v) is 2.47. The van der Waals surface area contributed by atoms with E-state index < -0.39 is 12.4 Å². The molecule has 0 aromatic carbocycles. The lowest BCUT2D eigenvalue weighted by molar-refractivity contribution is 0.120. The van der Waals surface area contributed by atoms with Crippen LogP contribution in [0.3, 0.4) is 0 Å². The first-order valence-electron chi connectivity index (χ1n) is 4.87. The van der Waals surface area contributed by atoms with Gasteiger partial charge in [-0.25, -0.2) is 0 Å². The van der Waals surface area contributed by atoms with E-state index in [4.69, 9.17) is 4.74 Å². The highest BCUT2D eigenvalue weighted by molar-refractivity contribution is 6.73. The van der Waals surface area contributed by atoms with Crippen LogP contribution in [0.1, 0.15) is 19.3 Å². The van der Waals surface area contributed by atoms with Crippen LogP contribution in [0.15, 0.2) is 18.5 Å². The lowest BCUT2D eigenvalue weighted by atomic mass is 9.81. The number of aromatic nitrogens is 1. The van der Waals surface area contributed by atoms with E-state index in [9.17, 15) is 12.9 Å². The van der Waals surface area contributed by atoms with Crippen molar-refractivity contribution in [2.45, 2.75) is 25.4 Å². The Hall–Kier alpha value is -1.20. The fourth-order valence-electron chi connectivity index (χ4n) is 1.36. The standard InChI is InChI=1S/C9H10BF3NO/c11-10(12,13)7-4-9(6-14-5-7)15-8-2-1-3-8/h4-6,8H,1-3H2/q-1. The minimum absolute atomic E-state index is 0.0720. The van der Waals surface area contributed by atoms with E-state index in [0.29, 0.717) is 0 Å². The summed E-state index contributed by atoms with van der Waals surface area (Å²) in [5.74, 6) is 0.219. The first kappa shape index (κ1) is 10.3. The van der Waals surface area contributed by atoms with Crippen molar-refractivity contribution in [2.75, 3.05) is 0 Å². The minimum Gasteiger partial charge on any atom is -0.489 e. The average Bonchev–Trinajstić information content (AvgIpc) is 2.11. The maximum Gasteiger partial charge on any atom is 0.511 e. The quantitative estimate of drug-likeness (QED) is 0.721. The van der Waals surface area contributed by atoms with Gasteiger partial charge in [0.2, 0.25) is 0 Å². The Kier molecular flexibility index (Phi) is 2.58. The van der Waals surface area contributed by atoms with Crippen LogP contribution in [-0.2, 0) is 0 Å². The van der Waals surface area contributed by atoms with E-state index in [-0.39, 0.29) is 11.9 Å². The molecule has 82 valence electrons. The topological polar surface area (TPSA) is 22.1 Å². The van der Waals surface area contributed by atoms with E-state index >= 15 is 0 Å². The van der Waals surface area contributed by atoms with Gasteiger partial charge in [0.25, 0.3) is 0 Å². The molecule has 0 bridgehead atoms. The van der Waals surface area contributed by atoms with Crippen molar-refractivity contribution >= 4 is 12.4 Å². The zero-order valence-electron chi connectivity index (χ0n) is 8.00. The monoisotopic (exact) mass is 216 g/mol. The molecule has 0 amide bonds. The molecule has 1 fully saturated rings. The summed E-state index contributed by atoms with van der Waals surface area (Å²) in [6.07, 6.45) is 5.14. The fourth-order valence-corrected chi connectivity index (χ4v) is 1.36. The van der Waals surface area contributed by atoms with Crippen LogP contribution in [0.25, 0.3) is 0 Å². The summed E-state index contributed by atoms with van der Waals surface area (Å²) < 4.78 is 42.4. The number of rotatable bonds is 3. The van der Waals surface area contributed by atoms with E-state index in [1.807, 2.05) is 0 Å². The van der Waals surface area contributed by atoms with E-state index in [2.05, 4.69) is 4.98 Å². The molecule has 1 saturated carbocycles. The third kappa shape index (κ3) is 2.43. The molecule has 0 aliphatic heterocycles. The van der Waals surface area contributed by atoms with Crippen molar-refractivity contribution < 1.29 is 17.7 Å². The van der Waals surface area contributed by atoms with Crippen molar-refractivity contribution in [1.29, 1.82) is 0 Å². The van der Waals surface area contributed by atoms with Gasteiger partial charge in [-0.2, -0.15) is 0 Å². The van der Waals surface area contributed by atoms with Gasteiger partial charge < -0.3 is 17.7 Å². The van der Waals surface area contributed by atoms with Crippen LogP contribution < -0.4 is 10.2 Å². The van der Waals surface area contributed by atoms with Crippen LogP contribution >= 0.6 is 0 Å². The summed E-state index contributed by atoms with van der Waals surface area (Å²) in [5.41, 5.74) is -0.702. The Bertz CT molecular complexity index is 351. The number of pyridine rings is 1. The zero-order chi connectivity index (χ0) is 10.9. The van der Waals surface area contributed by atoms with Gasteiger partial charge >= 0.3 is 6.98 Å². The molecular formula is C9H10BF3NO-. The molecule has 0 radical (unpaired) electrons. The number of hydrogen-bond donors (Lipinski definition) is 0. The molecule has 1 aromatic heterocycles. The molecular weight excluding hydrogens is 206 g/mol. The number of nitrogens with zero attached hydrogens (tertiary/aromatic N) is 1. The second-order valence-electron chi connectivity index (χ2n) is 3.70. The van der Waals surface area contributed by atoms with E-state index in [1.54, 1.807) is 0 Å². The van der Waals surface area contributed by atoms with E-state index in [1.165, 1.54) is 6.20 Å². The zero-order valence-corrected chi connectivity index (χ0v) is 8.00. The Morgan fingerprint density at radius 2 is 2.00 bits per heavy atom. The molecule has 0 spiro atoms. The molecule has 2 nitrogen and oxygen atoms in total. The number of hydrogen-bond acceptors (Lipinski definition) is 2. The molecule has 0 unspecified atom stereocenters. The Morgan fingerprint density at radius 3 is 2.53 bits per heavy atom. The van der Waals surface area contributed by atoms with Crippen LogP contribution in [0.5, 0.6) is 5.75 Å². The van der Waals surface area contributed by atoms with Crippen molar-refractivity contribution in [3.05, 3.63) is 18.5 Å². The molecule has 0 saturated heterocycles. The molecule has 0 atom stereocenters. The lowest BCUT2D eigenvalue weighted by Crippen LogP contribution is -2.34. The van der Waals surface area contributed by atoms with Crippen LogP contribution in [0, 0.1) is 0 Å². The Balaban J connectivity index is 2.11. The maximum absolute atomic E-state index is 12.4. The van der Waals surface area contributed by atoms with Crippen LogP contribution in [-0.4, -0.2) is 18.1 Å². The van der Waals surface area contributed by atoms with Crippen molar-refractivity contribution in [3.63, 3.8) is 0 Å². The van der Waals surface area contributed by atoms with Crippen molar-refractivity contribution in [2.24, 2.45) is 0 Å². The molecule has 1 aliphatic rings. The minimum atomic E-state index is -4.98. The first-order chi connectivity index (χ1) is 7.05. The highest BCUT2D eigenvalue weighted by Crippen LogP contribution is 2.24. The largest absolute Gasteiger partial charge is 0.511 e. The normalized spacial score (nSPS) is 17.3. The Labute approximate surface area is 85.5 Å². The van der Waals surface area contributed by atoms with Gasteiger partial charge in [0.05, 0.1) is 12.3 Å². The molecule has 1 aliphatic carbocycles. The predicted molar refractivity (Wildman–Crippen MR) is 51.2 cm³/mol. The van der Waals surface area contributed by atoms with Gasteiger partial charge in [0, 0.05) is 6.20 Å². The third-order valence-electron chi connectivity index (χ3n) is 2.47. The predicted octanol–water partition coefficient (Wildman–Crippen LogP) is 2.07. The summed E-state index contributed by atoms with van der Waals surface area (Å²) in [7, 11) is 0. The fraction of sp³-hybridized carbons (Fsp3) is 0.444. The second-order valence-corrected chi connectivity index (χ2v) is 3.70. The lowest BCUT2D eigenvalue weighted by Gasteiger charge is -2.26. The summed E-state index contributed by atoms with van der Waals surface area (Å²) in [4.78, 5) is 3.53. The van der Waals surface area contributed by atoms with Gasteiger partial charge in [0.1, 0.15) is 5.75 Å². The molecule has 15 heavy (non-hydrogen) atoms. The second kappa shape index (κ2) is 3.75. The summed E-state index contributed by atoms with van der Waals surface area (Å²) >= 11 is 0. The molecule has 2 rings (SSSR count). The number of ether oxygens (including phenoxy) is 1. The maximum atomic E-state index is 12.4. The van der Waals surface area contributed by atoms with E-state index in [0.717, 1.165) is 31.5 Å². The van der Waals surface area contributed by atoms with Crippen LogP contribution in [0.4, 0.5) is 12.9 Å². The smallest absolute Gasteiger partial charge is 0.489 e. The summed E-state index contributed by atoms with van der Waals surface area (Å²) in [5, 5.41) is 0. The average molecular weight is 216 g/mol. The van der Waals surface area contributed by atoms with Gasteiger partial charge in [0.15, 0.2) is 0 Å². The molecule has 1 aromatic rings. The summed E-state index contributed by atoms with van der Waals surface area (Å²) in [6, 6.07) is 1.02. The Morgan fingerprint density at radius 1 is 1.27 bits per heavy atom. The molecule has 0 N–H and O–H groups in total. The summed E-state index contributed by atoms with van der Waals surface area (Å²) in [6.45, 7) is -4.98. The number of halogens is 3.